The lowest BCUT2D eigenvalue weighted by molar-refractivity contribution is 0.266. The van der Waals surface area contributed by atoms with Crippen LogP contribution in [0.2, 0.25) is 0 Å². The fraction of sp³-hybridized carbons (Fsp3) is 0.333. The minimum absolute atomic E-state index is 0.0425. The topological polar surface area (TPSA) is 109 Å². The quantitative estimate of drug-likeness (QED) is 0.478. The van der Waals surface area contributed by atoms with Crippen LogP contribution in [-0.4, -0.2) is 43.7 Å². The van der Waals surface area contributed by atoms with Crippen molar-refractivity contribution in [1.82, 2.24) is 24.9 Å². The number of benzene rings is 1. The van der Waals surface area contributed by atoms with Crippen molar-refractivity contribution >= 4 is 27.6 Å². The number of ether oxygens (including phenoxy) is 1. The molecule has 6 rings (SSSR count). The first kappa shape index (κ1) is 17.5. The van der Waals surface area contributed by atoms with Gasteiger partial charge in [0.05, 0.1) is 29.3 Å². The molecule has 30 heavy (non-hydrogen) atoms. The molecule has 0 amide bonds. The van der Waals surface area contributed by atoms with Gasteiger partial charge < -0.3 is 20.1 Å². The Morgan fingerprint density at radius 3 is 2.80 bits per heavy atom. The van der Waals surface area contributed by atoms with Crippen LogP contribution in [0.25, 0.3) is 21.9 Å². The van der Waals surface area contributed by atoms with Gasteiger partial charge in [-0.2, -0.15) is 9.97 Å². The number of aliphatic hydroxyl groups is 1. The van der Waals surface area contributed by atoms with E-state index in [0.29, 0.717) is 34.9 Å². The SMILES string of the molecule is CNc1cc(F)c2c3c1[nH]c1nc(Oc4cnc(C)nc4)nc(c13)C1[C@@H](CO)[C@@H]1C2. The van der Waals surface area contributed by atoms with Crippen LogP contribution >= 0.6 is 0 Å². The number of aliphatic hydroxyl groups excluding tert-OH is 1. The number of fused-ring (bicyclic) bond motifs is 2. The van der Waals surface area contributed by atoms with Gasteiger partial charge in [0, 0.05) is 30.3 Å². The van der Waals surface area contributed by atoms with E-state index in [1.54, 1.807) is 26.4 Å². The van der Waals surface area contributed by atoms with E-state index in [1.165, 1.54) is 6.07 Å². The molecule has 0 aliphatic heterocycles. The first-order chi connectivity index (χ1) is 14.6. The summed E-state index contributed by atoms with van der Waals surface area (Å²) in [4.78, 5) is 20.9. The zero-order chi connectivity index (χ0) is 20.6. The van der Waals surface area contributed by atoms with Gasteiger partial charge in [0.1, 0.15) is 17.3 Å². The molecule has 2 aliphatic carbocycles. The second-order valence-electron chi connectivity index (χ2n) is 7.93. The highest BCUT2D eigenvalue weighted by Gasteiger charge is 2.54. The number of hydrogen-bond donors (Lipinski definition) is 3. The van der Waals surface area contributed by atoms with Crippen LogP contribution in [0.1, 0.15) is 23.0 Å². The monoisotopic (exact) mass is 406 g/mol. The van der Waals surface area contributed by atoms with Gasteiger partial charge in [0.25, 0.3) is 0 Å². The van der Waals surface area contributed by atoms with Crippen molar-refractivity contribution in [3.8, 4) is 11.8 Å². The van der Waals surface area contributed by atoms with Crippen molar-refractivity contribution in [3.05, 3.63) is 41.4 Å². The Balaban J connectivity index is 1.60. The van der Waals surface area contributed by atoms with Crippen LogP contribution < -0.4 is 10.1 Å². The zero-order valence-corrected chi connectivity index (χ0v) is 16.4. The maximum atomic E-state index is 15.0. The van der Waals surface area contributed by atoms with Crippen molar-refractivity contribution in [2.75, 3.05) is 19.0 Å². The summed E-state index contributed by atoms with van der Waals surface area (Å²) in [5.74, 6) is 1.07. The smallest absolute Gasteiger partial charge is 0.324 e. The molecule has 4 aromatic rings. The van der Waals surface area contributed by atoms with Gasteiger partial charge in [0.2, 0.25) is 0 Å². The van der Waals surface area contributed by atoms with Crippen LogP contribution in [0.15, 0.2) is 18.5 Å². The number of nitrogens with one attached hydrogen (secondary N) is 2. The van der Waals surface area contributed by atoms with Crippen LogP contribution in [0.4, 0.5) is 10.1 Å². The van der Waals surface area contributed by atoms with Gasteiger partial charge >= 0.3 is 6.01 Å². The largest absolute Gasteiger partial charge is 0.421 e. The molecule has 1 aromatic carbocycles. The van der Waals surface area contributed by atoms with E-state index in [4.69, 9.17) is 9.72 Å². The second-order valence-corrected chi connectivity index (χ2v) is 7.93. The summed E-state index contributed by atoms with van der Waals surface area (Å²) in [6.07, 6.45) is 3.71. The lowest BCUT2D eigenvalue weighted by Crippen LogP contribution is -2.00. The average molecular weight is 406 g/mol. The summed E-state index contributed by atoms with van der Waals surface area (Å²) in [6.45, 7) is 1.84. The minimum Gasteiger partial charge on any atom is -0.421 e. The Kier molecular flexibility index (Phi) is 3.55. The average Bonchev–Trinajstić information content (AvgIpc) is 3.34. The number of anilines is 1. The maximum Gasteiger partial charge on any atom is 0.324 e. The Hall–Kier alpha value is -3.33. The summed E-state index contributed by atoms with van der Waals surface area (Å²) in [5, 5.41) is 14.5. The Morgan fingerprint density at radius 2 is 2.07 bits per heavy atom. The van der Waals surface area contributed by atoms with E-state index in [9.17, 15) is 5.11 Å². The third-order valence-corrected chi connectivity index (χ3v) is 6.32. The van der Waals surface area contributed by atoms with Crippen molar-refractivity contribution in [2.24, 2.45) is 11.8 Å². The first-order valence-corrected chi connectivity index (χ1v) is 9.88. The summed E-state index contributed by atoms with van der Waals surface area (Å²) in [7, 11) is 1.76. The van der Waals surface area contributed by atoms with Gasteiger partial charge in [-0.05, 0) is 36.8 Å². The van der Waals surface area contributed by atoms with E-state index in [2.05, 4.69) is 25.3 Å². The van der Waals surface area contributed by atoms with E-state index < -0.39 is 0 Å². The van der Waals surface area contributed by atoms with Crippen LogP contribution in [0, 0.1) is 24.6 Å². The van der Waals surface area contributed by atoms with Gasteiger partial charge in [-0.25, -0.2) is 14.4 Å². The molecular weight excluding hydrogens is 387 g/mol. The van der Waals surface area contributed by atoms with E-state index in [-0.39, 0.29) is 36.2 Å². The third kappa shape index (κ3) is 2.35. The molecule has 152 valence electrons. The number of aryl methyl sites for hydroxylation is 1. The molecule has 1 unspecified atom stereocenters. The fourth-order valence-electron chi connectivity index (χ4n) is 4.84. The molecule has 0 spiro atoms. The maximum absolute atomic E-state index is 15.0. The number of nitrogens with zero attached hydrogens (tertiary/aromatic N) is 4. The Labute approximate surface area is 170 Å². The second kappa shape index (κ2) is 6.09. The zero-order valence-electron chi connectivity index (χ0n) is 16.4. The lowest BCUT2D eigenvalue weighted by Gasteiger charge is -2.09. The standard InChI is InChI=1S/C21H19FN6O2/c1-8-24-5-9(6-25-8)30-21-27-19-15-10(12(15)7-29)3-11-13(22)4-14(23-2)18-16(11)17(19)20(26-18)28-21/h4-6,10,12,15,23,29H,3,7H2,1-2H3,(H,26,27,28)/t10-,12-,15?/m0/s1. The molecule has 1 saturated carbocycles. The van der Waals surface area contributed by atoms with Crippen LogP contribution in [0.3, 0.4) is 0 Å². The normalized spacial score (nSPS) is 21.7. The van der Waals surface area contributed by atoms with Crippen LogP contribution in [-0.2, 0) is 6.42 Å². The Bertz CT molecular complexity index is 1320. The highest BCUT2D eigenvalue weighted by atomic mass is 19.1. The molecule has 9 heteroatoms. The number of hydrogen-bond acceptors (Lipinski definition) is 7. The van der Waals surface area contributed by atoms with Gasteiger partial charge in [-0.3, -0.25) is 0 Å². The number of aromatic nitrogens is 5. The third-order valence-electron chi connectivity index (χ3n) is 6.32. The minimum atomic E-state index is -0.250. The molecule has 3 atom stereocenters. The molecule has 3 heterocycles. The first-order valence-electron chi connectivity index (χ1n) is 9.88. The lowest BCUT2D eigenvalue weighted by atomic mass is 10.0. The molecule has 3 N–H and O–H groups in total. The van der Waals surface area contributed by atoms with Crippen molar-refractivity contribution < 1.29 is 14.2 Å². The fourth-order valence-corrected chi connectivity index (χ4v) is 4.84. The molecule has 3 aromatic heterocycles. The van der Waals surface area contributed by atoms with Crippen LogP contribution in [0.5, 0.6) is 11.8 Å². The molecular formula is C21H19FN6O2. The highest BCUT2D eigenvalue weighted by molar-refractivity contribution is 6.13. The number of aromatic amines is 1. The molecule has 0 radical (unpaired) electrons. The summed E-state index contributed by atoms with van der Waals surface area (Å²) in [6, 6.07) is 1.69. The summed E-state index contributed by atoms with van der Waals surface area (Å²) < 4.78 is 20.8. The summed E-state index contributed by atoms with van der Waals surface area (Å²) in [5.41, 5.74) is 3.51. The van der Waals surface area contributed by atoms with Crippen molar-refractivity contribution in [1.29, 1.82) is 0 Å². The number of H-pyrrole nitrogens is 1. The number of rotatable bonds is 4. The molecule has 1 fully saturated rings. The molecule has 8 nitrogen and oxygen atoms in total. The van der Waals surface area contributed by atoms with Gasteiger partial charge in [0.15, 0.2) is 5.75 Å². The predicted molar refractivity (Wildman–Crippen MR) is 108 cm³/mol. The Morgan fingerprint density at radius 1 is 1.27 bits per heavy atom. The van der Waals surface area contributed by atoms with Crippen molar-refractivity contribution in [2.45, 2.75) is 19.3 Å². The predicted octanol–water partition coefficient (Wildman–Crippen LogP) is 3.06. The molecule has 0 saturated heterocycles. The molecule has 2 aliphatic rings. The number of halogens is 1. The van der Waals surface area contributed by atoms with Gasteiger partial charge in [-0.15, -0.1) is 0 Å². The van der Waals surface area contributed by atoms with E-state index >= 15 is 4.39 Å². The van der Waals surface area contributed by atoms with E-state index in [1.807, 2.05) is 0 Å². The highest BCUT2D eigenvalue weighted by Crippen LogP contribution is 2.59. The molecule has 0 bridgehead atoms. The van der Waals surface area contributed by atoms with E-state index in [0.717, 1.165) is 22.0 Å². The summed E-state index contributed by atoms with van der Waals surface area (Å²) >= 11 is 0. The van der Waals surface area contributed by atoms with Gasteiger partial charge in [-0.1, -0.05) is 0 Å². The van der Waals surface area contributed by atoms with Crippen molar-refractivity contribution in [3.63, 3.8) is 0 Å².